The zero-order valence-corrected chi connectivity index (χ0v) is 10.3. The third kappa shape index (κ3) is 3.04. The van der Waals surface area contributed by atoms with Crippen molar-refractivity contribution in [2.75, 3.05) is 5.32 Å². The van der Waals surface area contributed by atoms with E-state index in [1.807, 2.05) is 25.1 Å². The lowest BCUT2D eigenvalue weighted by Gasteiger charge is -2.07. The van der Waals surface area contributed by atoms with Gasteiger partial charge < -0.3 is 15.5 Å². The van der Waals surface area contributed by atoms with Crippen LogP contribution in [0.3, 0.4) is 0 Å². The number of nitrogens with one attached hydrogen (secondary N) is 1. The summed E-state index contributed by atoms with van der Waals surface area (Å²) in [5, 5.41) is 3.20. The van der Waals surface area contributed by atoms with Crippen LogP contribution in [0.5, 0.6) is 0 Å². The van der Waals surface area contributed by atoms with Gasteiger partial charge in [0.25, 0.3) is 0 Å². The Morgan fingerprint density at radius 2 is 2.35 bits per heavy atom. The van der Waals surface area contributed by atoms with Crippen LogP contribution in [-0.4, -0.2) is 9.97 Å². The Morgan fingerprint density at radius 3 is 3.00 bits per heavy atom. The normalized spacial score (nSPS) is 10.2. The highest BCUT2D eigenvalue weighted by Gasteiger charge is 2.02. The van der Waals surface area contributed by atoms with Crippen LogP contribution in [0.15, 0.2) is 35.1 Å². The Morgan fingerprint density at radius 1 is 1.53 bits per heavy atom. The summed E-state index contributed by atoms with van der Waals surface area (Å²) >= 11 is 4.95. The molecule has 0 atom stereocenters. The maximum Gasteiger partial charge on any atom is 0.127 e. The number of hydrogen-bond acceptors (Lipinski definition) is 4. The fraction of sp³-hybridized carbons (Fsp3) is 0.167. The highest BCUT2D eigenvalue weighted by atomic mass is 32.1. The molecule has 88 valence electrons. The van der Waals surface area contributed by atoms with Gasteiger partial charge in [0, 0.05) is 23.4 Å². The van der Waals surface area contributed by atoms with Crippen LogP contribution in [0, 0.1) is 6.92 Å². The lowest BCUT2D eigenvalue weighted by molar-refractivity contribution is 0.564. The molecule has 4 nitrogen and oxygen atoms in total. The van der Waals surface area contributed by atoms with Gasteiger partial charge in [0.05, 0.1) is 12.5 Å². The molecule has 0 bridgehead atoms. The van der Waals surface area contributed by atoms with Gasteiger partial charge in [0.1, 0.15) is 10.8 Å². The summed E-state index contributed by atoms with van der Waals surface area (Å²) in [5.41, 5.74) is 8.36. The molecule has 2 heterocycles. The Hall–Kier alpha value is -1.88. The topological polar surface area (TPSA) is 64.1 Å². The van der Waals surface area contributed by atoms with Crippen molar-refractivity contribution >= 4 is 23.0 Å². The minimum Gasteiger partial charge on any atom is -0.472 e. The summed E-state index contributed by atoms with van der Waals surface area (Å²) in [5.74, 6) is 0.758. The molecule has 0 radical (unpaired) electrons. The summed E-state index contributed by atoms with van der Waals surface area (Å²) in [6.45, 7) is 2.56. The van der Waals surface area contributed by atoms with Gasteiger partial charge in [-0.25, -0.2) is 4.98 Å². The molecule has 0 amide bonds. The molecule has 0 unspecified atom stereocenters. The smallest absolute Gasteiger partial charge is 0.127 e. The maximum atomic E-state index is 5.60. The average molecular weight is 247 g/mol. The third-order valence-corrected chi connectivity index (χ3v) is 2.53. The summed E-state index contributed by atoms with van der Waals surface area (Å²) in [4.78, 5) is 4.74. The number of furan rings is 1. The Labute approximate surface area is 105 Å². The van der Waals surface area contributed by atoms with E-state index in [0.717, 1.165) is 22.6 Å². The summed E-state index contributed by atoms with van der Waals surface area (Å²) in [6, 6.07) is 5.61. The van der Waals surface area contributed by atoms with E-state index in [2.05, 4.69) is 10.3 Å². The minimum atomic E-state index is 0.377. The van der Waals surface area contributed by atoms with Crippen molar-refractivity contribution in [3.05, 3.63) is 47.5 Å². The zero-order chi connectivity index (χ0) is 12.3. The summed E-state index contributed by atoms with van der Waals surface area (Å²) < 4.78 is 4.99. The van der Waals surface area contributed by atoms with E-state index in [4.69, 9.17) is 22.4 Å². The van der Waals surface area contributed by atoms with Crippen molar-refractivity contribution < 1.29 is 4.42 Å². The van der Waals surface area contributed by atoms with Crippen molar-refractivity contribution in [3.63, 3.8) is 0 Å². The molecule has 0 aliphatic carbocycles. The van der Waals surface area contributed by atoms with E-state index < -0.39 is 0 Å². The highest BCUT2D eigenvalue weighted by molar-refractivity contribution is 7.80. The minimum absolute atomic E-state index is 0.377. The van der Waals surface area contributed by atoms with Crippen LogP contribution < -0.4 is 11.1 Å². The third-order valence-electron chi connectivity index (χ3n) is 2.29. The SMILES string of the molecule is Cc1cc(C(N)=S)cc(NCc2ccoc2)n1. The molecule has 0 aromatic carbocycles. The van der Waals surface area contributed by atoms with Crippen LogP contribution in [0.4, 0.5) is 5.82 Å². The van der Waals surface area contributed by atoms with Gasteiger partial charge >= 0.3 is 0 Å². The number of rotatable bonds is 4. The number of anilines is 1. The summed E-state index contributed by atoms with van der Waals surface area (Å²) in [6.07, 6.45) is 3.33. The number of nitrogens with two attached hydrogens (primary N) is 1. The number of aryl methyl sites for hydroxylation is 1. The molecular weight excluding hydrogens is 234 g/mol. The lowest BCUT2D eigenvalue weighted by Crippen LogP contribution is -2.11. The van der Waals surface area contributed by atoms with Crippen LogP contribution >= 0.6 is 12.2 Å². The number of aromatic nitrogens is 1. The monoisotopic (exact) mass is 247 g/mol. The first-order valence-corrected chi connectivity index (χ1v) is 5.59. The van der Waals surface area contributed by atoms with Crippen LogP contribution in [0.1, 0.15) is 16.8 Å². The Kier molecular flexibility index (Phi) is 3.39. The standard InChI is InChI=1S/C12H13N3OS/c1-8-4-10(12(13)17)5-11(15-8)14-6-9-2-3-16-7-9/h2-5,7H,6H2,1H3,(H2,13,17)(H,14,15). The fourth-order valence-electron chi connectivity index (χ4n) is 1.49. The van der Waals surface area contributed by atoms with Crippen molar-refractivity contribution in [2.45, 2.75) is 13.5 Å². The van der Waals surface area contributed by atoms with Gasteiger partial charge in [-0.15, -0.1) is 0 Å². The first-order valence-electron chi connectivity index (χ1n) is 5.18. The van der Waals surface area contributed by atoms with E-state index in [9.17, 15) is 0 Å². The van der Waals surface area contributed by atoms with E-state index in [0.29, 0.717) is 11.5 Å². The van der Waals surface area contributed by atoms with Gasteiger partial charge in [-0.05, 0) is 25.1 Å². The predicted molar refractivity (Wildman–Crippen MR) is 70.9 cm³/mol. The van der Waals surface area contributed by atoms with E-state index in [1.54, 1.807) is 12.5 Å². The molecule has 0 fully saturated rings. The van der Waals surface area contributed by atoms with E-state index in [-0.39, 0.29) is 0 Å². The van der Waals surface area contributed by atoms with Gasteiger partial charge in [0.2, 0.25) is 0 Å². The first kappa shape index (κ1) is 11.6. The number of thiocarbonyl (C=S) groups is 1. The largest absolute Gasteiger partial charge is 0.472 e. The summed E-state index contributed by atoms with van der Waals surface area (Å²) in [7, 11) is 0. The number of pyridine rings is 1. The van der Waals surface area contributed by atoms with Crippen LogP contribution in [0.25, 0.3) is 0 Å². The number of nitrogens with zero attached hydrogens (tertiary/aromatic N) is 1. The van der Waals surface area contributed by atoms with Gasteiger partial charge in [-0.3, -0.25) is 0 Å². The number of hydrogen-bond donors (Lipinski definition) is 2. The quantitative estimate of drug-likeness (QED) is 0.811. The van der Waals surface area contributed by atoms with Gasteiger partial charge in [-0.2, -0.15) is 0 Å². The molecule has 3 N–H and O–H groups in total. The lowest BCUT2D eigenvalue weighted by atomic mass is 10.2. The first-order chi connectivity index (χ1) is 8.15. The zero-order valence-electron chi connectivity index (χ0n) is 9.43. The Balaban J connectivity index is 2.13. The van der Waals surface area contributed by atoms with Gasteiger partial charge in [-0.1, -0.05) is 12.2 Å². The molecule has 0 aliphatic rings. The van der Waals surface area contributed by atoms with Crippen LogP contribution in [0.2, 0.25) is 0 Å². The van der Waals surface area contributed by atoms with Crippen molar-refractivity contribution in [2.24, 2.45) is 5.73 Å². The average Bonchev–Trinajstić information content (AvgIpc) is 2.78. The second-order valence-electron chi connectivity index (χ2n) is 3.73. The maximum absolute atomic E-state index is 5.60. The molecule has 0 aliphatic heterocycles. The van der Waals surface area contributed by atoms with Crippen molar-refractivity contribution in [1.82, 2.24) is 4.98 Å². The predicted octanol–water partition coefficient (Wildman–Crippen LogP) is 2.23. The fourth-order valence-corrected chi connectivity index (χ4v) is 1.61. The molecule has 2 aromatic heterocycles. The molecule has 17 heavy (non-hydrogen) atoms. The molecule has 2 aromatic rings. The second kappa shape index (κ2) is 4.97. The molecule has 2 rings (SSSR count). The van der Waals surface area contributed by atoms with E-state index >= 15 is 0 Å². The van der Waals surface area contributed by atoms with Crippen LogP contribution in [-0.2, 0) is 6.54 Å². The molecule has 5 heteroatoms. The van der Waals surface area contributed by atoms with Crippen molar-refractivity contribution in [1.29, 1.82) is 0 Å². The highest BCUT2D eigenvalue weighted by Crippen LogP contribution is 2.11. The molecular formula is C12H13N3OS. The van der Waals surface area contributed by atoms with E-state index in [1.165, 1.54) is 0 Å². The Bertz CT molecular complexity index is 523. The molecule has 0 spiro atoms. The molecule has 0 saturated carbocycles. The van der Waals surface area contributed by atoms with Crippen molar-refractivity contribution in [3.8, 4) is 0 Å². The van der Waals surface area contributed by atoms with Gasteiger partial charge in [0.15, 0.2) is 0 Å². The second-order valence-corrected chi connectivity index (χ2v) is 4.17. The molecule has 0 saturated heterocycles.